The highest BCUT2D eigenvalue weighted by Crippen LogP contribution is 2.23. The van der Waals surface area contributed by atoms with Gasteiger partial charge in [0.25, 0.3) is 0 Å². The second-order valence-electron chi connectivity index (χ2n) is 7.09. The molecule has 0 atom stereocenters. The third-order valence-corrected chi connectivity index (χ3v) is 4.70. The molecule has 0 saturated carbocycles. The van der Waals surface area contributed by atoms with E-state index >= 15 is 0 Å². The van der Waals surface area contributed by atoms with Crippen molar-refractivity contribution in [3.63, 3.8) is 0 Å². The number of anilines is 2. The highest BCUT2D eigenvalue weighted by molar-refractivity contribution is 5.83. The topological polar surface area (TPSA) is 81.6 Å². The summed E-state index contributed by atoms with van der Waals surface area (Å²) in [6.45, 7) is 11.4. The molecule has 1 aromatic carbocycles. The Balaban J connectivity index is 0.000000375. The number of aryl methyl sites for hydroxylation is 3. The summed E-state index contributed by atoms with van der Waals surface area (Å²) in [6, 6.07) is 13.0. The molecule has 0 unspecified atom stereocenters. The molecule has 1 fully saturated rings. The van der Waals surface area contributed by atoms with Gasteiger partial charge in [-0.3, -0.25) is 9.98 Å². The van der Waals surface area contributed by atoms with Crippen molar-refractivity contribution < 1.29 is 5.11 Å². The molecule has 2 heterocycles. The number of aliphatic imine (C=N–C) groups is 1. The molecule has 3 rings (SSSR count). The summed E-state index contributed by atoms with van der Waals surface area (Å²) in [7, 11) is 1.00. The zero-order valence-corrected chi connectivity index (χ0v) is 19.2. The first-order valence-electron chi connectivity index (χ1n) is 10.8. The molecule has 6 heteroatoms. The van der Waals surface area contributed by atoms with Crippen LogP contribution >= 0.6 is 0 Å². The number of benzene rings is 1. The summed E-state index contributed by atoms with van der Waals surface area (Å²) in [4.78, 5) is 8.79. The van der Waals surface area contributed by atoms with E-state index in [9.17, 15) is 0 Å². The van der Waals surface area contributed by atoms with Gasteiger partial charge in [0.1, 0.15) is 0 Å². The summed E-state index contributed by atoms with van der Waals surface area (Å²) in [5.41, 5.74) is 5.78. The van der Waals surface area contributed by atoms with Gasteiger partial charge in [-0.1, -0.05) is 19.1 Å². The normalized spacial score (nSPS) is 13.7. The molecule has 0 spiro atoms. The predicted molar refractivity (Wildman–Crippen MR) is 130 cm³/mol. The van der Waals surface area contributed by atoms with Gasteiger partial charge in [0.15, 0.2) is 0 Å². The third-order valence-electron chi connectivity index (χ3n) is 4.70. The number of hydrogen-bond donors (Lipinski definition) is 4. The molecule has 1 aliphatic heterocycles. The minimum absolute atomic E-state index is 0.459. The monoisotopic (exact) mass is 413 g/mol. The van der Waals surface area contributed by atoms with E-state index in [1.165, 1.54) is 5.56 Å². The average Bonchev–Trinajstić information content (AvgIpc) is 2.77. The fraction of sp³-hybridized carbons (Fsp3) is 0.500. The number of aliphatic hydroxyl groups is 1. The van der Waals surface area contributed by atoms with E-state index in [0.717, 1.165) is 68.8 Å². The van der Waals surface area contributed by atoms with E-state index in [2.05, 4.69) is 58.0 Å². The van der Waals surface area contributed by atoms with Gasteiger partial charge in [-0.25, -0.2) is 0 Å². The van der Waals surface area contributed by atoms with Gasteiger partial charge < -0.3 is 21.1 Å². The Labute approximate surface area is 182 Å². The van der Waals surface area contributed by atoms with E-state index in [-0.39, 0.29) is 0 Å². The lowest BCUT2D eigenvalue weighted by Gasteiger charge is -2.18. The lowest BCUT2D eigenvalue weighted by molar-refractivity contribution is 0.399. The number of nitrogens with one attached hydrogen (secondary N) is 3. The van der Waals surface area contributed by atoms with E-state index < -0.39 is 0 Å². The highest BCUT2D eigenvalue weighted by Gasteiger charge is 2.10. The summed E-state index contributed by atoms with van der Waals surface area (Å²) in [6.07, 6.45) is 5.18. The van der Waals surface area contributed by atoms with Crippen LogP contribution in [0.1, 0.15) is 43.6 Å². The van der Waals surface area contributed by atoms with Crippen LogP contribution in [-0.4, -0.2) is 49.2 Å². The Kier molecular flexibility index (Phi) is 13.1. The smallest absolute Gasteiger partial charge is 0.0871 e. The van der Waals surface area contributed by atoms with Crippen LogP contribution in [0.15, 0.2) is 41.4 Å². The van der Waals surface area contributed by atoms with Crippen molar-refractivity contribution in [2.45, 2.75) is 53.0 Å². The van der Waals surface area contributed by atoms with E-state index in [1.807, 2.05) is 38.4 Å². The van der Waals surface area contributed by atoms with Crippen molar-refractivity contribution in [2.75, 3.05) is 37.4 Å². The molecule has 30 heavy (non-hydrogen) atoms. The number of rotatable bonds is 6. The standard InChI is InChI=1S/C16H26N4.C7H9N.CH4O/c1-3-13-5-6-15(16(11-13)18-4-2)20-12-19-14-7-9-17-10-8-14;1-6-4-3-5-7(2)8-6;1-2/h5-6,11-12,14,17-18H,3-4,7-10H2,1-2H3,(H,19,20);3-5H,1-2H3;2H,1H3. The summed E-state index contributed by atoms with van der Waals surface area (Å²) < 4.78 is 0. The van der Waals surface area contributed by atoms with Crippen molar-refractivity contribution in [2.24, 2.45) is 4.99 Å². The Bertz CT molecular complexity index is 725. The number of pyridine rings is 1. The van der Waals surface area contributed by atoms with Gasteiger partial charge in [-0.05, 0) is 83.0 Å². The van der Waals surface area contributed by atoms with Crippen LogP contribution in [0.4, 0.5) is 11.4 Å². The lowest BCUT2D eigenvalue weighted by atomic mass is 10.1. The quantitative estimate of drug-likeness (QED) is 0.422. The van der Waals surface area contributed by atoms with Crippen LogP contribution in [0.2, 0.25) is 0 Å². The van der Waals surface area contributed by atoms with E-state index in [1.54, 1.807) is 0 Å². The molecule has 2 aromatic rings. The average molecular weight is 414 g/mol. The van der Waals surface area contributed by atoms with Crippen LogP contribution in [-0.2, 0) is 6.42 Å². The predicted octanol–water partition coefficient (Wildman–Crippen LogP) is 4.18. The SMILES string of the molecule is CCNc1cc(CC)ccc1NC=NC1CCNCC1.CO.Cc1cccc(C)n1. The molecule has 1 saturated heterocycles. The molecular weight excluding hydrogens is 374 g/mol. The van der Waals surface area contributed by atoms with Gasteiger partial charge in [0.05, 0.1) is 23.8 Å². The second-order valence-corrected chi connectivity index (χ2v) is 7.09. The summed E-state index contributed by atoms with van der Waals surface area (Å²) in [5.74, 6) is 0. The molecule has 4 N–H and O–H groups in total. The molecule has 166 valence electrons. The second kappa shape index (κ2) is 15.4. The first-order valence-corrected chi connectivity index (χ1v) is 10.8. The third kappa shape index (κ3) is 9.85. The maximum Gasteiger partial charge on any atom is 0.0871 e. The van der Waals surface area contributed by atoms with Crippen LogP contribution in [0, 0.1) is 13.8 Å². The van der Waals surface area contributed by atoms with Gasteiger partial charge in [-0.2, -0.15) is 0 Å². The molecule has 1 aromatic heterocycles. The van der Waals surface area contributed by atoms with Crippen molar-refractivity contribution in [3.8, 4) is 0 Å². The molecular formula is C24H39N5O. The first kappa shape index (κ1) is 25.6. The summed E-state index contributed by atoms with van der Waals surface area (Å²) >= 11 is 0. The van der Waals surface area contributed by atoms with Gasteiger partial charge >= 0.3 is 0 Å². The fourth-order valence-electron chi connectivity index (χ4n) is 3.12. The van der Waals surface area contributed by atoms with Crippen molar-refractivity contribution in [1.82, 2.24) is 10.3 Å². The number of piperidine rings is 1. The van der Waals surface area contributed by atoms with Crippen LogP contribution in [0.5, 0.6) is 0 Å². The number of hydrogen-bond acceptors (Lipinski definition) is 5. The van der Waals surface area contributed by atoms with Crippen LogP contribution < -0.4 is 16.0 Å². The highest BCUT2D eigenvalue weighted by atomic mass is 16.2. The molecule has 0 bridgehead atoms. The number of aliphatic hydroxyl groups excluding tert-OH is 1. The Hall–Kier alpha value is -2.44. The largest absolute Gasteiger partial charge is 0.400 e. The van der Waals surface area contributed by atoms with Crippen molar-refractivity contribution >= 4 is 17.7 Å². The Morgan fingerprint density at radius 1 is 1.07 bits per heavy atom. The van der Waals surface area contributed by atoms with Gasteiger partial charge in [-0.15, -0.1) is 0 Å². The fourth-order valence-corrected chi connectivity index (χ4v) is 3.12. The minimum atomic E-state index is 0.459. The van der Waals surface area contributed by atoms with E-state index in [4.69, 9.17) is 5.11 Å². The van der Waals surface area contributed by atoms with Gasteiger partial charge in [0, 0.05) is 25.0 Å². The van der Waals surface area contributed by atoms with Crippen molar-refractivity contribution in [3.05, 3.63) is 53.3 Å². The molecule has 0 radical (unpaired) electrons. The zero-order chi connectivity index (χ0) is 22.2. The van der Waals surface area contributed by atoms with Crippen LogP contribution in [0.3, 0.4) is 0 Å². The van der Waals surface area contributed by atoms with Crippen molar-refractivity contribution in [1.29, 1.82) is 0 Å². The molecule has 0 amide bonds. The number of aromatic nitrogens is 1. The Morgan fingerprint density at radius 2 is 1.73 bits per heavy atom. The minimum Gasteiger partial charge on any atom is -0.400 e. The first-order chi connectivity index (χ1) is 14.6. The molecule has 0 aliphatic carbocycles. The van der Waals surface area contributed by atoms with Gasteiger partial charge in [0.2, 0.25) is 0 Å². The van der Waals surface area contributed by atoms with E-state index in [0.29, 0.717) is 6.04 Å². The molecule has 6 nitrogen and oxygen atoms in total. The number of nitrogens with zero attached hydrogens (tertiary/aromatic N) is 2. The summed E-state index contributed by atoms with van der Waals surface area (Å²) in [5, 5.41) is 17.1. The zero-order valence-electron chi connectivity index (χ0n) is 19.2. The maximum absolute atomic E-state index is 7.00. The maximum atomic E-state index is 7.00. The lowest BCUT2D eigenvalue weighted by Crippen LogP contribution is -2.30. The Morgan fingerprint density at radius 3 is 2.27 bits per heavy atom. The molecule has 1 aliphatic rings. The van der Waals surface area contributed by atoms with Crippen LogP contribution in [0.25, 0.3) is 0 Å².